The Hall–Kier alpha value is -1.59. The molecule has 0 spiro atoms. The first-order valence-corrected chi connectivity index (χ1v) is 5.85. The van der Waals surface area contributed by atoms with Crippen LogP contribution in [0.5, 0.6) is 0 Å². The highest BCUT2D eigenvalue weighted by Gasteiger charge is 2.01. The van der Waals surface area contributed by atoms with Crippen molar-refractivity contribution in [1.82, 2.24) is 4.33 Å². The Morgan fingerprint density at radius 3 is 2.40 bits per heavy atom. The lowest BCUT2D eigenvalue weighted by molar-refractivity contribution is 1.26. The molecule has 0 aliphatic rings. The molecule has 0 saturated carbocycles. The first-order chi connectivity index (χ1) is 7.45. The smallest absolute Gasteiger partial charge is 0.0573 e. The lowest BCUT2D eigenvalue weighted by atomic mass is 10.2. The molecule has 0 aliphatic heterocycles. The Kier molecular flexibility index (Phi) is 2.04. The average molecular weight is 211 g/mol. The highest BCUT2D eigenvalue weighted by molar-refractivity contribution is 7.26. The summed E-state index contributed by atoms with van der Waals surface area (Å²) in [5, 5.41) is 1.32. The fourth-order valence-corrected chi connectivity index (χ4v) is 2.78. The molecule has 15 heavy (non-hydrogen) atoms. The molecule has 3 rings (SSSR count). The van der Waals surface area contributed by atoms with Gasteiger partial charge in [0, 0.05) is 19.4 Å². The minimum atomic E-state index is 1.23. The van der Waals surface area contributed by atoms with E-state index >= 15 is 0 Å². The van der Waals surface area contributed by atoms with Gasteiger partial charge in [-0.1, -0.05) is 36.4 Å². The molecule has 2 heteroatoms. The van der Waals surface area contributed by atoms with E-state index in [2.05, 4.69) is 58.7 Å². The molecule has 1 nitrogen and oxygen atoms in total. The van der Waals surface area contributed by atoms with Gasteiger partial charge in [-0.15, -0.1) is 0 Å². The second-order valence-corrected chi connectivity index (χ2v) is 4.34. The number of rotatable bonds is 1. The van der Waals surface area contributed by atoms with E-state index in [4.69, 9.17) is 0 Å². The Labute approximate surface area is 90.1 Å². The van der Waals surface area contributed by atoms with Gasteiger partial charge in [-0.25, -0.2) is 0 Å². The van der Waals surface area contributed by atoms with Crippen molar-refractivity contribution in [2.45, 2.75) is 0 Å². The molecule has 2 aromatic carbocycles. The number of benzene rings is 2. The Morgan fingerprint density at radius 1 is 0.800 bits per heavy atom. The van der Waals surface area contributed by atoms with Gasteiger partial charge in [-0.05, 0) is 24.0 Å². The molecule has 72 valence electrons. The molecule has 0 fully saturated rings. The third-order valence-corrected chi connectivity index (χ3v) is 3.55. The van der Waals surface area contributed by atoms with Gasteiger partial charge in [-0.3, -0.25) is 4.33 Å². The van der Waals surface area contributed by atoms with Gasteiger partial charge in [-0.2, -0.15) is 0 Å². The first kappa shape index (κ1) is 8.70. The highest BCUT2D eigenvalue weighted by atomic mass is 31.0. The molecular formula is C13H10NP. The summed E-state index contributed by atoms with van der Waals surface area (Å²) >= 11 is 0. The molecule has 0 bridgehead atoms. The Bertz CT molecular complexity index is 584. The zero-order chi connectivity index (χ0) is 10.1. The molecular weight excluding hydrogens is 201 g/mol. The predicted octanol–water partition coefficient (Wildman–Crippen LogP) is 4.21. The van der Waals surface area contributed by atoms with Crippen LogP contribution in [0.2, 0.25) is 0 Å². The standard InChI is InChI=1S/C13H10NP/c1-2-7-12(8-3-1)14-13-9-5-4-6-11(13)10-15-14/h1-10H. The second-order valence-electron chi connectivity index (χ2n) is 3.45. The van der Waals surface area contributed by atoms with E-state index < -0.39 is 0 Å². The van der Waals surface area contributed by atoms with Crippen LogP contribution in [-0.2, 0) is 0 Å². The zero-order valence-electron chi connectivity index (χ0n) is 8.17. The van der Waals surface area contributed by atoms with Gasteiger partial charge in [0.1, 0.15) is 0 Å². The van der Waals surface area contributed by atoms with Crippen LogP contribution in [0.1, 0.15) is 0 Å². The predicted molar refractivity (Wildman–Crippen MR) is 65.8 cm³/mol. The number of hydrogen-bond acceptors (Lipinski definition) is 0. The number of aromatic nitrogens is 1. The fraction of sp³-hybridized carbons (Fsp3) is 0. The number of para-hydroxylation sites is 2. The minimum absolute atomic E-state index is 1.23. The molecule has 1 heterocycles. The molecule has 0 aliphatic carbocycles. The van der Waals surface area contributed by atoms with Crippen molar-refractivity contribution in [2.75, 3.05) is 0 Å². The van der Waals surface area contributed by atoms with Crippen LogP contribution < -0.4 is 0 Å². The maximum atomic E-state index is 2.30. The Morgan fingerprint density at radius 2 is 1.53 bits per heavy atom. The van der Waals surface area contributed by atoms with Crippen LogP contribution in [0, 0.1) is 0 Å². The van der Waals surface area contributed by atoms with Gasteiger partial charge in [0.2, 0.25) is 0 Å². The van der Waals surface area contributed by atoms with Crippen molar-refractivity contribution in [2.24, 2.45) is 0 Å². The van der Waals surface area contributed by atoms with Crippen molar-refractivity contribution in [3.05, 3.63) is 60.4 Å². The second kappa shape index (κ2) is 3.52. The van der Waals surface area contributed by atoms with Crippen molar-refractivity contribution < 1.29 is 0 Å². The summed E-state index contributed by atoms with van der Waals surface area (Å²) in [5.41, 5.74) is 2.55. The van der Waals surface area contributed by atoms with Crippen molar-refractivity contribution in [3.8, 4) is 5.69 Å². The monoisotopic (exact) mass is 211 g/mol. The van der Waals surface area contributed by atoms with E-state index in [9.17, 15) is 0 Å². The number of nitrogens with zero attached hydrogens (tertiary/aromatic N) is 1. The average Bonchev–Trinajstić information content (AvgIpc) is 2.74. The third kappa shape index (κ3) is 1.45. The maximum Gasteiger partial charge on any atom is 0.0573 e. The van der Waals surface area contributed by atoms with Gasteiger partial charge in [0.05, 0.1) is 5.52 Å². The first-order valence-electron chi connectivity index (χ1n) is 4.93. The summed E-state index contributed by atoms with van der Waals surface area (Å²) in [6, 6.07) is 19.0. The molecule has 0 N–H and O–H groups in total. The lowest BCUT2D eigenvalue weighted by Crippen LogP contribution is -1.86. The van der Waals surface area contributed by atoms with Crippen molar-refractivity contribution in [3.63, 3.8) is 0 Å². The van der Waals surface area contributed by atoms with Gasteiger partial charge in [0.25, 0.3) is 0 Å². The summed E-state index contributed by atoms with van der Waals surface area (Å²) in [6.07, 6.45) is 0. The van der Waals surface area contributed by atoms with Crippen LogP contribution in [0.3, 0.4) is 0 Å². The topological polar surface area (TPSA) is 4.93 Å². The molecule has 1 aromatic heterocycles. The van der Waals surface area contributed by atoms with E-state index in [0.29, 0.717) is 0 Å². The largest absolute Gasteiger partial charge is 0.292 e. The lowest BCUT2D eigenvalue weighted by Gasteiger charge is -2.03. The summed E-state index contributed by atoms with van der Waals surface area (Å²) in [7, 11) is 1.23. The SMILES string of the molecule is c1ccc(-n2pcc3ccccc32)cc1. The maximum absolute atomic E-state index is 2.30. The third-order valence-electron chi connectivity index (χ3n) is 2.48. The molecule has 0 atom stereocenters. The molecule has 0 saturated heterocycles. The van der Waals surface area contributed by atoms with Gasteiger partial charge in [0.15, 0.2) is 0 Å². The van der Waals surface area contributed by atoms with Crippen LogP contribution in [0.4, 0.5) is 0 Å². The molecule has 0 amide bonds. The number of hydrogen-bond donors (Lipinski definition) is 0. The van der Waals surface area contributed by atoms with E-state index in [1.54, 1.807) is 0 Å². The summed E-state index contributed by atoms with van der Waals surface area (Å²) in [6.45, 7) is 0. The van der Waals surface area contributed by atoms with E-state index in [0.717, 1.165) is 0 Å². The van der Waals surface area contributed by atoms with E-state index in [1.807, 2.05) is 6.07 Å². The van der Waals surface area contributed by atoms with Crippen LogP contribution in [0.25, 0.3) is 16.6 Å². The van der Waals surface area contributed by atoms with Crippen molar-refractivity contribution in [1.29, 1.82) is 0 Å². The van der Waals surface area contributed by atoms with E-state index in [1.165, 1.54) is 24.9 Å². The molecule has 0 radical (unpaired) electrons. The fourth-order valence-electron chi connectivity index (χ4n) is 1.75. The van der Waals surface area contributed by atoms with Crippen molar-refractivity contribution >= 4 is 19.3 Å². The summed E-state index contributed by atoms with van der Waals surface area (Å²) in [5.74, 6) is 2.24. The van der Waals surface area contributed by atoms with Crippen LogP contribution >= 0.6 is 8.35 Å². The highest BCUT2D eigenvalue weighted by Crippen LogP contribution is 2.26. The quantitative estimate of drug-likeness (QED) is 0.568. The molecule has 3 aromatic rings. The Balaban J connectivity index is 2.28. The zero-order valence-corrected chi connectivity index (χ0v) is 9.06. The molecule has 0 unspecified atom stereocenters. The van der Waals surface area contributed by atoms with Crippen LogP contribution in [0.15, 0.2) is 60.4 Å². The number of fused-ring (bicyclic) bond motifs is 1. The van der Waals surface area contributed by atoms with Gasteiger partial charge >= 0.3 is 0 Å². The van der Waals surface area contributed by atoms with Crippen LogP contribution in [-0.4, -0.2) is 4.33 Å². The normalized spacial score (nSPS) is 11.2. The van der Waals surface area contributed by atoms with Gasteiger partial charge < -0.3 is 0 Å². The summed E-state index contributed by atoms with van der Waals surface area (Å²) in [4.78, 5) is 0. The minimum Gasteiger partial charge on any atom is -0.292 e. The van der Waals surface area contributed by atoms with E-state index in [-0.39, 0.29) is 0 Å². The summed E-state index contributed by atoms with van der Waals surface area (Å²) < 4.78 is 2.30.